The highest BCUT2D eigenvalue weighted by Gasteiger charge is 2.22. The molecule has 3 aromatic rings. The zero-order valence-corrected chi connectivity index (χ0v) is 15.6. The number of nitro groups is 1. The highest BCUT2D eigenvalue weighted by atomic mass is 16.6. The van der Waals surface area contributed by atoms with E-state index < -0.39 is 4.92 Å². The SMILES string of the molecule is COCCNc1ncnc(Nc2ccc(N=Nc3ccccc3)cc2)c1[N+](=O)[O-]. The van der Waals surface area contributed by atoms with Crippen molar-refractivity contribution in [1.29, 1.82) is 0 Å². The summed E-state index contributed by atoms with van der Waals surface area (Å²) < 4.78 is 4.94. The first kappa shape index (κ1) is 19.8. The van der Waals surface area contributed by atoms with Crippen molar-refractivity contribution in [2.45, 2.75) is 0 Å². The van der Waals surface area contributed by atoms with Gasteiger partial charge in [-0.3, -0.25) is 10.1 Å². The molecule has 10 nitrogen and oxygen atoms in total. The molecule has 0 fully saturated rings. The number of rotatable bonds is 9. The second kappa shape index (κ2) is 9.85. The molecule has 2 N–H and O–H groups in total. The topological polar surface area (TPSA) is 127 Å². The van der Waals surface area contributed by atoms with E-state index in [0.29, 0.717) is 24.5 Å². The van der Waals surface area contributed by atoms with Crippen molar-refractivity contribution in [2.24, 2.45) is 10.2 Å². The van der Waals surface area contributed by atoms with Crippen LogP contribution in [0, 0.1) is 10.1 Å². The van der Waals surface area contributed by atoms with Gasteiger partial charge in [0, 0.05) is 19.3 Å². The second-order valence-corrected chi connectivity index (χ2v) is 5.80. The van der Waals surface area contributed by atoms with Crippen LogP contribution in [0.25, 0.3) is 0 Å². The molecular weight excluding hydrogens is 374 g/mol. The van der Waals surface area contributed by atoms with Crippen LogP contribution in [0.3, 0.4) is 0 Å². The lowest BCUT2D eigenvalue weighted by atomic mass is 10.3. The molecule has 3 rings (SSSR count). The first-order valence-corrected chi connectivity index (χ1v) is 8.73. The Labute approximate surface area is 166 Å². The van der Waals surface area contributed by atoms with Gasteiger partial charge in [-0.25, -0.2) is 9.97 Å². The minimum atomic E-state index is -0.528. The number of hydrogen-bond donors (Lipinski definition) is 2. The molecule has 1 aromatic heterocycles. The summed E-state index contributed by atoms with van der Waals surface area (Å²) in [7, 11) is 1.55. The standard InChI is InChI=1S/C19H19N7O3/c1-29-12-11-20-18-17(26(27)28)19(22-13-21-18)23-14-7-9-16(10-8-14)25-24-15-5-3-2-4-6-15/h2-10,13H,11-12H2,1H3,(H2,20,21,22,23). The van der Waals surface area contributed by atoms with Gasteiger partial charge in [-0.2, -0.15) is 10.2 Å². The van der Waals surface area contributed by atoms with E-state index in [1.54, 1.807) is 31.4 Å². The van der Waals surface area contributed by atoms with Crippen LogP contribution in [-0.2, 0) is 4.74 Å². The third kappa shape index (κ3) is 5.53. The fourth-order valence-electron chi connectivity index (χ4n) is 2.40. The molecule has 0 amide bonds. The lowest BCUT2D eigenvalue weighted by molar-refractivity contribution is -0.383. The molecule has 0 atom stereocenters. The molecule has 0 saturated carbocycles. The number of aromatic nitrogens is 2. The monoisotopic (exact) mass is 393 g/mol. The predicted octanol–water partition coefficient (Wildman–Crippen LogP) is 4.60. The molecule has 0 aliphatic rings. The van der Waals surface area contributed by atoms with Crippen LogP contribution in [-0.4, -0.2) is 35.2 Å². The van der Waals surface area contributed by atoms with E-state index >= 15 is 0 Å². The van der Waals surface area contributed by atoms with Crippen LogP contribution in [0.1, 0.15) is 0 Å². The molecule has 0 spiro atoms. The maximum Gasteiger partial charge on any atom is 0.353 e. The summed E-state index contributed by atoms with van der Waals surface area (Å²) in [5.74, 6) is 0.210. The van der Waals surface area contributed by atoms with E-state index in [1.165, 1.54) is 6.33 Å². The minimum absolute atomic E-state index is 0.0866. The Balaban J connectivity index is 1.75. The zero-order chi connectivity index (χ0) is 20.5. The van der Waals surface area contributed by atoms with E-state index in [0.717, 1.165) is 5.69 Å². The smallest absolute Gasteiger partial charge is 0.353 e. The Morgan fingerprint density at radius 2 is 1.66 bits per heavy atom. The molecular formula is C19H19N7O3. The lowest BCUT2D eigenvalue weighted by Gasteiger charge is -2.10. The van der Waals surface area contributed by atoms with Crippen LogP contribution in [0.2, 0.25) is 0 Å². The Morgan fingerprint density at radius 3 is 2.31 bits per heavy atom. The van der Waals surface area contributed by atoms with Crippen molar-refractivity contribution in [3.8, 4) is 0 Å². The van der Waals surface area contributed by atoms with Crippen molar-refractivity contribution < 1.29 is 9.66 Å². The summed E-state index contributed by atoms with van der Waals surface area (Å²) in [5, 5.41) is 25.7. The molecule has 0 aliphatic heterocycles. The van der Waals surface area contributed by atoms with Gasteiger partial charge in [0.25, 0.3) is 0 Å². The van der Waals surface area contributed by atoms with Crippen molar-refractivity contribution in [2.75, 3.05) is 30.9 Å². The summed E-state index contributed by atoms with van der Waals surface area (Å²) in [5.41, 5.74) is 1.78. The fraction of sp³-hybridized carbons (Fsp3) is 0.158. The summed E-state index contributed by atoms with van der Waals surface area (Å²) in [6.45, 7) is 0.776. The van der Waals surface area contributed by atoms with Gasteiger partial charge in [-0.05, 0) is 36.4 Å². The van der Waals surface area contributed by atoms with Gasteiger partial charge >= 0.3 is 5.69 Å². The van der Waals surface area contributed by atoms with Gasteiger partial charge in [0.1, 0.15) is 6.33 Å². The van der Waals surface area contributed by atoms with Crippen LogP contribution in [0.5, 0.6) is 0 Å². The van der Waals surface area contributed by atoms with Crippen LogP contribution in [0.4, 0.5) is 34.4 Å². The largest absolute Gasteiger partial charge is 0.383 e. The predicted molar refractivity (Wildman–Crippen MR) is 109 cm³/mol. The Kier molecular flexibility index (Phi) is 6.74. The molecule has 0 bridgehead atoms. The number of benzene rings is 2. The second-order valence-electron chi connectivity index (χ2n) is 5.80. The van der Waals surface area contributed by atoms with Gasteiger partial charge in [0.2, 0.25) is 11.6 Å². The van der Waals surface area contributed by atoms with Gasteiger partial charge in [0.15, 0.2) is 0 Å². The number of azo groups is 1. The first-order valence-electron chi connectivity index (χ1n) is 8.73. The van der Waals surface area contributed by atoms with Gasteiger partial charge in [-0.1, -0.05) is 18.2 Å². The number of hydrogen-bond acceptors (Lipinski definition) is 9. The van der Waals surface area contributed by atoms with E-state index in [1.807, 2.05) is 30.3 Å². The highest BCUT2D eigenvalue weighted by Crippen LogP contribution is 2.31. The molecule has 0 radical (unpaired) electrons. The molecule has 148 valence electrons. The average Bonchev–Trinajstić information content (AvgIpc) is 2.74. The van der Waals surface area contributed by atoms with Gasteiger partial charge < -0.3 is 15.4 Å². The summed E-state index contributed by atoms with van der Waals surface area (Å²) >= 11 is 0. The van der Waals surface area contributed by atoms with Crippen LogP contribution in [0.15, 0.2) is 71.2 Å². The minimum Gasteiger partial charge on any atom is -0.383 e. The summed E-state index contributed by atoms with van der Waals surface area (Å²) in [6.07, 6.45) is 1.26. The van der Waals surface area contributed by atoms with Crippen molar-refractivity contribution >= 4 is 34.4 Å². The van der Waals surface area contributed by atoms with E-state index in [2.05, 4.69) is 30.8 Å². The molecule has 1 heterocycles. The molecule has 2 aromatic carbocycles. The summed E-state index contributed by atoms with van der Waals surface area (Å²) in [4.78, 5) is 19.0. The number of ether oxygens (including phenoxy) is 1. The Morgan fingerprint density at radius 1 is 1.00 bits per heavy atom. The van der Waals surface area contributed by atoms with Crippen molar-refractivity contribution in [1.82, 2.24) is 9.97 Å². The van der Waals surface area contributed by atoms with Gasteiger partial charge in [0.05, 0.1) is 22.9 Å². The number of methoxy groups -OCH3 is 1. The first-order chi connectivity index (χ1) is 14.2. The Hall–Kier alpha value is -3.92. The quantitative estimate of drug-likeness (QED) is 0.235. The number of nitrogens with zero attached hydrogens (tertiary/aromatic N) is 5. The molecule has 29 heavy (non-hydrogen) atoms. The maximum atomic E-state index is 11.5. The third-order valence-electron chi connectivity index (χ3n) is 3.77. The van der Waals surface area contributed by atoms with Crippen molar-refractivity contribution in [3.05, 3.63) is 71.0 Å². The molecule has 10 heteroatoms. The van der Waals surface area contributed by atoms with E-state index in [-0.39, 0.29) is 17.3 Å². The molecule has 0 saturated heterocycles. The highest BCUT2D eigenvalue weighted by molar-refractivity contribution is 5.74. The van der Waals surface area contributed by atoms with Crippen molar-refractivity contribution in [3.63, 3.8) is 0 Å². The zero-order valence-electron chi connectivity index (χ0n) is 15.6. The van der Waals surface area contributed by atoms with E-state index in [9.17, 15) is 10.1 Å². The normalized spacial score (nSPS) is 10.8. The average molecular weight is 393 g/mol. The maximum absolute atomic E-state index is 11.5. The number of anilines is 3. The Bertz CT molecular complexity index is 979. The third-order valence-corrected chi connectivity index (χ3v) is 3.77. The molecule has 0 aliphatic carbocycles. The van der Waals surface area contributed by atoms with Gasteiger partial charge in [-0.15, -0.1) is 0 Å². The fourth-order valence-corrected chi connectivity index (χ4v) is 2.40. The molecule has 0 unspecified atom stereocenters. The van der Waals surface area contributed by atoms with Crippen LogP contribution < -0.4 is 10.6 Å². The van der Waals surface area contributed by atoms with Crippen LogP contribution >= 0.6 is 0 Å². The number of nitrogens with one attached hydrogen (secondary N) is 2. The lowest BCUT2D eigenvalue weighted by Crippen LogP contribution is -2.12. The van der Waals surface area contributed by atoms with E-state index in [4.69, 9.17) is 4.74 Å². The summed E-state index contributed by atoms with van der Waals surface area (Å²) in [6, 6.07) is 16.4.